The molecule has 0 unspecified atom stereocenters. The summed E-state index contributed by atoms with van der Waals surface area (Å²) in [4.78, 5) is 11.1. The second-order valence-corrected chi connectivity index (χ2v) is 4.94. The quantitative estimate of drug-likeness (QED) is 0.529. The first-order chi connectivity index (χ1) is 7.02. The van der Waals surface area contributed by atoms with Gasteiger partial charge in [0.15, 0.2) is 0 Å². The summed E-state index contributed by atoms with van der Waals surface area (Å²) in [6, 6.07) is 9.49. The Morgan fingerprint density at radius 2 is 1.73 bits per heavy atom. The Morgan fingerprint density at radius 1 is 1.27 bits per heavy atom. The number of thioether (sulfide) groups is 1. The Hall–Kier alpha value is -0.422. The van der Waals surface area contributed by atoms with E-state index in [4.69, 9.17) is 14.9 Å². The molecule has 1 aromatic carbocycles. The summed E-state index contributed by atoms with van der Waals surface area (Å²) in [5.74, 6) is -0.650. The molecule has 3 N–H and O–H groups in total. The number of hydrogen-bond acceptors (Lipinski definition) is 3. The van der Waals surface area contributed by atoms with Gasteiger partial charge < -0.3 is 5.11 Å². The van der Waals surface area contributed by atoms with E-state index in [2.05, 4.69) is 0 Å². The molecule has 0 heterocycles. The third-order valence-corrected chi connectivity index (χ3v) is 2.10. The van der Waals surface area contributed by atoms with Crippen molar-refractivity contribution in [3.8, 4) is 0 Å². The van der Waals surface area contributed by atoms with Crippen LogP contribution in [0.3, 0.4) is 0 Å². The fourth-order valence-corrected chi connectivity index (χ4v) is 1.30. The minimum atomic E-state index is -3.79. The van der Waals surface area contributed by atoms with Gasteiger partial charge in [-0.15, -0.1) is 11.8 Å². The zero-order chi connectivity index (χ0) is 11.7. The predicted molar refractivity (Wildman–Crippen MR) is 57.1 cm³/mol. The molecule has 0 fully saturated rings. The molecule has 15 heavy (non-hydrogen) atoms. The number of carbonyl (C=O) groups is 1. The van der Waals surface area contributed by atoms with Crippen molar-refractivity contribution in [3.63, 3.8) is 0 Å². The van der Waals surface area contributed by atoms with E-state index in [1.54, 1.807) is 0 Å². The molecular formula is C8H11O5SSb. The maximum atomic E-state index is 10.2. The molecule has 1 aromatic rings. The van der Waals surface area contributed by atoms with E-state index in [-0.39, 0.29) is 5.75 Å². The molecule has 0 atom stereocenters. The Balaban J connectivity index is 0.000000423. The van der Waals surface area contributed by atoms with E-state index in [9.17, 15) is 4.79 Å². The third kappa shape index (κ3) is 11.5. The van der Waals surface area contributed by atoms with Crippen molar-refractivity contribution in [2.45, 2.75) is 4.90 Å². The summed E-state index contributed by atoms with van der Waals surface area (Å²) in [7, 11) is 0. The molecule has 84 valence electrons. The van der Waals surface area contributed by atoms with Gasteiger partial charge in [-0.2, -0.15) is 0 Å². The average molecular weight is 341 g/mol. The molecule has 7 heteroatoms. The standard InChI is InChI=1S/C8H8O2S.2H2O.O.Sb.H/c9-8(10)6-11-7-4-2-1-3-5-7;;;;;/h1-5H,6H2,(H,9,10);2*1H2;;;/q;;;;+2;/p-2. The van der Waals surface area contributed by atoms with Gasteiger partial charge in [-0.3, -0.25) is 4.79 Å². The van der Waals surface area contributed by atoms with Crippen molar-refractivity contribution in [3.05, 3.63) is 30.3 Å². The van der Waals surface area contributed by atoms with Crippen LogP contribution in [-0.4, -0.2) is 44.6 Å². The van der Waals surface area contributed by atoms with Crippen molar-refractivity contribution in [2.24, 2.45) is 0 Å². The zero-order valence-corrected chi connectivity index (χ0v) is 11.3. The van der Waals surface area contributed by atoms with Gasteiger partial charge in [0.25, 0.3) is 0 Å². The molecular weight excluding hydrogens is 330 g/mol. The van der Waals surface area contributed by atoms with E-state index < -0.39 is 27.0 Å². The van der Waals surface area contributed by atoms with Gasteiger partial charge in [-0.25, -0.2) is 0 Å². The van der Waals surface area contributed by atoms with Gasteiger partial charge in [0, 0.05) is 4.90 Å². The number of hydrogen-bond donors (Lipinski definition) is 3. The van der Waals surface area contributed by atoms with E-state index in [0.29, 0.717) is 0 Å². The molecule has 0 aliphatic heterocycles. The zero-order valence-electron chi connectivity index (χ0n) is 7.66. The first kappa shape index (κ1) is 14.6. The van der Waals surface area contributed by atoms with E-state index in [1.165, 1.54) is 11.8 Å². The van der Waals surface area contributed by atoms with Gasteiger partial charge in [-0.05, 0) is 12.1 Å². The summed E-state index contributed by atoms with van der Waals surface area (Å²) in [6.45, 7) is 0. The van der Waals surface area contributed by atoms with Crippen molar-refractivity contribution >= 4 is 38.8 Å². The van der Waals surface area contributed by atoms with Gasteiger partial charge in [0.2, 0.25) is 0 Å². The fourth-order valence-electron chi connectivity index (χ4n) is 0.662. The number of benzene rings is 1. The molecule has 0 saturated carbocycles. The van der Waals surface area contributed by atoms with Crippen molar-refractivity contribution in [1.29, 1.82) is 0 Å². The van der Waals surface area contributed by atoms with Gasteiger partial charge in [0.05, 0.1) is 5.75 Å². The molecule has 0 aromatic heterocycles. The van der Waals surface area contributed by atoms with Crippen LogP contribution in [0, 0.1) is 0 Å². The van der Waals surface area contributed by atoms with Crippen molar-refractivity contribution in [1.82, 2.24) is 0 Å². The van der Waals surface area contributed by atoms with Crippen molar-refractivity contribution < 1.29 is 19.7 Å². The molecule has 0 amide bonds. The third-order valence-electron chi connectivity index (χ3n) is 1.11. The SMILES string of the molecule is O=C(O)CSc1ccccc1.[O]=[SbH]([OH])[OH]. The fraction of sp³-hybridized carbons (Fsp3) is 0.125. The van der Waals surface area contributed by atoms with Crippen LogP contribution in [0.4, 0.5) is 0 Å². The number of carboxylic acid groups (broad SMARTS) is 1. The molecule has 0 saturated heterocycles. The van der Waals surface area contributed by atoms with Gasteiger partial charge >= 0.3 is 36.8 Å². The summed E-state index contributed by atoms with van der Waals surface area (Å²) < 4.78 is 23.3. The average Bonchev–Trinajstić information content (AvgIpc) is 2.15. The van der Waals surface area contributed by atoms with E-state index in [0.717, 1.165) is 4.90 Å². The van der Waals surface area contributed by atoms with Gasteiger partial charge in [-0.1, -0.05) is 18.2 Å². The number of rotatable bonds is 3. The van der Waals surface area contributed by atoms with Crippen LogP contribution >= 0.6 is 11.8 Å². The number of carboxylic acids is 1. The Kier molecular flexibility index (Phi) is 8.60. The molecule has 0 radical (unpaired) electrons. The molecule has 0 aliphatic carbocycles. The minimum absolute atomic E-state index is 0.129. The van der Waals surface area contributed by atoms with Crippen LogP contribution in [0.25, 0.3) is 0 Å². The van der Waals surface area contributed by atoms with Crippen LogP contribution in [0.1, 0.15) is 0 Å². The molecule has 0 aliphatic rings. The van der Waals surface area contributed by atoms with E-state index in [1.807, 2.05) is 30.3 Å². The van der Waals surface area contributed by atoms with Crippen LogP contribution in [0.15, 0.2) is 35.2 Å². The summed E-state index contributed by atoms with van der Waals surface area (Å²) in [5.41, 5.74) is 0. The van der Waals surface area contributed by atoms with Crippen LogP contribution in [0.5, 0.6) is 0 Å². The topological polar surface area (TPSA) is 94.8 Å². The molecule has 5 nitrogen and oxygen atoms in total. The van der Waals surface area contributed by atoms with Crippen LogP contribution in [0.2, 0.25) is 0 Å². The van der Waals surface area contributed by atoms with Crippen LogP contribution in [-0.2, 0) is 7.81 Å². The van der Waals surface area contributed by atoms with E-state index >= 15 is 0 Å². The molecule has 1 rings (SSSR count). The monoisotopic (exact) mass is 340 g/mol. The first-order valence-electron chi connectivity index (χ1n) is 3.84. The molecule has 0 spiro atoms. The second kappa shape index (κ2) is 8.85. The Labute approximate surface area is 99.2 Å². The summed E-state index contributed by atoms with van der Waals surface area (Å²) >= 11 is -2.46. The predicted octanol–water partition coefficient (Wildman–Crippen LogP) is -0.0180. The molecule has 0 bridgehead atoms. The Bertz CT molecular complexity index is 312. The van der Waals surface area contributed by atoms with Crippen LogP contribution < -0.4 is 0 Å². The summed E-state index contributed by atoms with van der Waals surface area (Å²) in [6.07, 6.45) is 0. The number of aliphatic carboxylic acids is 1. The summed E-state index contributed by atoms with van der Waals surface area (Å²) in [5, 5.41) is 8.35. The van der Waals surface area contributed by atoms with Gasteiger partial charge in [0.1, 0.15) is 0 Å². The first-order valence-corrected chi connectivity index (χ1v) is 8.54. The van der Waals surface area contributed by atoms with Crippen molar-refractivity contribution in [2.75, 3.05) is 5.75 Å². The normalized spacial score (nSPS) is 9.27. The maximum absolute atomic E-state index is 10.2. The Morgan fingerprint density at radius 3 is 2.13 bits per heavy atom. The second-order valence-electron chi connectivity index (χ2n) is 2.28.